The van der Waals surface area contributed by atoms with Crippen molar-refractivity contribution in [2.75, 3.05) is 19.7 Å². The summed E-state index contributed by atoms with van der Waals surface area (Å²) < 4.78 is 21.1. The number of benzene rings is 3. The van der Waals surface area contributed by atoms with Crippen LogP contribution in [-0.2, 0) is 11.3 Å². The SMILES string of the molecule is CC.CC.CC(NC(=O)c1cc(C2CC2)c(OCC2CCN(Cc3cc(Cl)cc(Cl)c3)CC2)cc1F)C1CC1.O=CO.c1ccccc1. The normalized spacial score (nSPS) is 16.1. The number of amides is 1. The summed E-state index contributed by atoms with van der Waals surface area (Å²) in [5.41, 5.74) is 2.24. The molecule has 0 spiro atoms. The topological polar surface area (TPSA) is 78.9 Å². The van der Waals surface area contributed by atoms with Crippen LogP contribution in [-0.4, -0.2) is 48.1 Å². The number of piperidine rings is 1. The van der Waals surface area contributed by atoms with E-state index in [0.29, 0.717) is 40.2 Å². The fourth-order valence-electron chi connectivity index (χ4n) is 5.45. The molecule has 9 heteroatoms. The molecule has 3 aliphatic rings. The molecule has 2 saturated carbocycles. The van der Waals surface area contributed by atoms with Crippen molar-refractivity contribution in [2.24, 2.45) is 11.8 Å². The Hall–Kier alpha value is -3.13. The van der Waals surface area contributed by atoms with Crippen LogP contribution in [0.3, 0.4) is 0 Å². The Labute approximate surface area is 297 Å². The zero-order chi connectivity index (χ0) is 35.5. The lowest BCUT2D eigenvalue weighted by Crippen LogP contribution is -2.35. The molecule has 1 unspecified atom stereocenters. The van der Waals surface area contributed by atoms with E-state index < -0.39 is 5.82 Å². The van der Waals surface area contributed by atoms with Crippen LogP contribution in [0.1, 0.15) is 101 Å². The number of hydrogen-bond donors (Lipinski definition) is 2. The molecule has 2 aliphatic carbocycles. The summed E-state index contributed by atoms with van der Waals surface area (Å²) in [4.78, 5) is 23.5. The number of carbonyl (C=O) groups excluding carboxylic acids is 1. The Morgan fingerprint density at radius 2 is 1.44 bits per heavy atom. The van der Waals surface area contributed by atoms with Crippen molar-refractivity contribution in [3.63, 3.8) is 0 Å². The van der Waals surface area contributed by atoms with Gasteiger partial charge in [-0.1, -0.05) is 87.3 Å². The van der Waals surface area contributed by atoms with Crippen molar-refractivity contribution >= 4 is 35.6 Å². The number of hydrogen-bond acceptors (Lipinski definition) is 4. The van der Waals surface area contributed by atoms with Crippen molar-refractivity contribution in [1.82, 2.24) is 10.2 Å². The Kier molecular flexibility index (Phi) is 19.2. The van der Waals surface area contributed by atoms with E-state index in [1.165, 1.54) is 6.07 Å². The van der Waals surface area contributed by atoms with Gasteiger partial charge in [0, 0.05) is 28.7 Å². The average Bonchev–Trinajstić information content (AvgIpc) is 4.02. The zero-order valence-electron chi connectivity index (χ0n) is 29.1. The summed E-state index contributed by atoms with van der Waals surface area (Å²) in [5, 5.41) is 11.2. The number of nitrogens with zero attached hydrogens (tertiary/aromatic N) is 1. The van der Waals surface area contributed by atoms with Crippen LogP contribution >= 0.6 is 23.2 Å². The summed E-state index contributed by atoms with van der Waals surface area (Å²) in [5.74, 6) is 1.11. The lowest BCUT2D eigenvalue weighted by molar-refractivity contribution is -0.122. The van der Waals surface area contributed by atoms with Crippen LogP contribution in [0.5, 0.6) is 5.75 Å². The first-order chi connectivity index (χ1) is 23.3. The maximum Gasteiger partial charge on any atom is 0.290 e. The Bertz CT molecular complexity index is 1310. The highest BCUT2D eigenvalue weighted by atomic mass is 35.5. The molecule has 1 atom stereocenters. The molecule has 3 fully saturated rings. The minimum Gasteiger partial charge on any atom is -0.493 e. The van der Waals surface area contributed by atoms with Gasteiger partial charge in [-0.15, -0.1) is 0 Å². The van der Waals surface area contributed by atoms with Crippen LogP contribution in [0.25, 0.3) is 0 Å². The van der Waals surface area contributed by atoms with E-state index in [0.717, 1.165) is 69.3 Å². The molecule has 1 aliphatic heterocycles. The number of carbonyl (C=O) groups is 2. The van der Waals surface area contributed by atoms with Gasteiger partial charge >= 0.3 is 0 Å². The zero-order valence-corrected chi connectivity index (χ0v) is 30.6. The van der Waals surface area contributed by atoms with Crippen LogP contribution < -0.4 is 10.1 Å². The summed E-state index contributed by atoms with van der Waals surface area (Å²) >= 11 is 12.3. The van der Waals surface area contributed by atoms with Gasteiger partial charge < -0.3 is 15.2 Å². The van der Waals surface area contributed by atoms with Gasteiger partial charge in [0.15, 0.2) is 0 Å². The van der Waals surface area contributed by atoms with E-state index >= 15 is 0 Å². The van der Waals surface area contributed by atoms with Gasteiger partial charge in [0.05, 0.1) is 12.2 Å². The molecule has 6 nitrogen and oxygen atoms in total. The number of likely N-dealkylation sites (tertiary alicyclic amines) is 1. The van der Waals surface area contributed by atoms with E-state index in [1.54, 1.807) is 12.1 Å². The number of rotatable bonds is 9. The van der Waals surface area contributed by atoms with E-state index in [1.807, 2.05) is 83.1 Å². The molecule has 264 valence electrons. The first kappa shape index (κ1) is 41.0. The van der Waals surface area contributed by atoms with Crippen LogP contribution in [0.2, 0.25) is 10.0 Å². The smallest absolute Gasteiger partial charge is 0.290 e. The summed E-state index contributed by atoms with van der Waals surface area (Å²) in [6.45, 7) is 13.1. The van der Waals surface area contributed by atoms with Crippen molar-refractivity contribution in [3.8, 4) is 5.75 Å². The number of nitrogens with one attached hydrogen (secondary N) is 1. The van der Waals surface area contributed by atoms with E-state index in [-0.39, 0.29) is 24.0 Å². The minimum absolute atomic E-state index is 0.0870. The van der Waals surface area contributed by atoms with Gasteiger partial charge in [-0.3, -0.25) is 14.5 Å². The van der Waals surface area contributed by atoms with Crippen molar-refractivity contribution in [2.45, 2.75) is 91.6 Å². The molecule has 3 aromatic carbocycles. The highest BCUT2D eigenvalue weighted by Gasteiger charge is 2.32. The van der Waals surface area contributed by atoms with E-state index in [4.69, 9.17) is 37.8 Å². The second-order valence-electron chi connectivity index (χ2n) is 11.8. The predicted molar refractivity (Wildman–Crippen MR) is 196 cm³/mol. The number of halogens is 3. The van der Waals surface area contributed by atoms with Gasteiger partial charge in [0.25, 0.3) is 12.4 Å². The van der Waals surface area contributed by atoms with Gasteiger partial charge in [0.2, 0.25) is 0 Å². The largest absolute Gasteiger partial charge is 0.493 e. The molecule has 1 saturated heterocycles. The second kappa shape index (κ2) is 22.5. The summed E-state index contributed by atoms with van der Waals surface area (Å²) in [6, 6.07) is 20.9. The fraction of sp³-hybridized carbons (Fsp3) is 0.487. The van der Waals surface area contributed by atoms with Crippen molar-refractivity contribution in [3.05, 3.63) is 99.3 Å². The van der Waals surface area contributed by atoms with E-state index in [2.05, 4.69) is 10.2 Å². The Morgan fingerprint density at radius 3 is 1.92 bits per heavy atom. The third-order valence-corrected chi connectivity index (χ3v) is 8.66. The average molecular weight is 704 g/mol. The molecule has 3 aromatic rings. The third kappa shape index (κ3) is 14.6. The highest BCUT2D eigenvalue weighted by Crippen LogP contribution is 2.45. The third-order valence-electron chi connectivity index (χ3n) is 8.23. The standard InChI is InChI=1S/C28H33Cl2FN2O2.C6H6.2C2H6.CH2O2/c1-17(20-2-3-20)32-28(34)25-13-24(21-4-5-21)27(14-26(25)31)35-16-18-6-8-33(9-7-18)15-19-10-22(29)12-23(30)11-19;1-2-4-6-5-3-1;2*1-2;2-1-3/h10-14,17-18,20-21H,2-9,15-16H2,1H3,(H,32,34);1-6H;2*1-2H3;1H,(H,2,3). The molecule has 6 rings (SSSR count). The molecule has 0 radical (unpaired) electrons. The van der Waals surface area contributed by atoms with Gasteiger partial charge in [-0.05, 0) is 112 Å². The predicted octanol–water partition coefficient (Wildman–Crippen LogP) is 10.3. The lowest BCUT2D eigenvalue weighted by atomic mass is 9.97. The van der Waals surface area contributed by atoms with Crippen molar-refractivity contribution < 1.29 is 23.8 Å². The quantitative estimate of drug-likeness (QED) is 0.217. The highest BCUT2D eigenvalue weighted by molar-refractivity contribution is 6.34. The molecule has 2 N–H and O–H groups in total. The van der Waals surface area contributed by atoms with Gasteiger partial charge in [0.1, 0.15) is 11.6 Å². The fourth-order valence-corrected chi connectivity index (χ4v) is 6.02. The second-order valence-corrected chi connectivity index (χ2v) is 12.7. The van der Waals surface area contributed by atoms with Crippen LogP contribution in [0.15, 0.2) is 66.7 Å². The molecule has 1 amide bonds. The number of carboxylic acid groups (broad SMARTS) is 1. The van der Waals surface area contributed by atoms with Crippen LogP contribution in [0, 0.1) is 17.7 Å². The molecule has 1 heterocycles. The van der Waals surface area contributed by atoms with Gasteiger partial charge in [-0.2, -0.15) is 0 Å². The van der Waals surface area contributed by atoms with Crippen molar-refractivity contribution in [1.29, 1.82) is 0 Å². The maximum atomic E-state index is 14.9. The first-order valence-corrected chi connectivity index (χ1v) is 18.0. The Morgan fingerprint density at radius 1 is 0.917 bits per heavy atom. The summed E-state index contributed by atoms with van der Waals surface area (Å²) in [6.07, 6.45) is 6.45. The lowest BCUT2D eigenvalue weighted by Gasteiger charge is -2.32. The van der Waals surface area contributed by atoms with Gasteiger partial charge in [-0.25, -0.2) is 4.39 Å². The summed E-state index contributed by atoms with van der Waals surface area (Å²) in [7, 11) is 0. The molecular formula is C39H53Cl2FN2O4. The monoisotopic (exact) mass is 702 g/mol. The molecule has 48 heavy (non-hydrogen) atoms. The molecule has 0 bridgehead atoms. The molecular weight excluding hydrogens is 650 g/mol. The maximum absolute atomic E-state index is 14.9. The molecule has 0 aromatic heterocycles. The number of ether oxygens (including phenoxy) is 1. The minimum atomic E-state index is -0.500. The van der Waals surface area contributed by atoms with E-state index in [9.17, 15) is 9.18 Å². The first-order valence-electron chi connectivity index (χ1n) is 17.3. The van der Waals surface area contributed by atoms with Crippen LogP contribution in [0.4, 0.5) is 4.39 Å². The Balaban J connectivity index is 0.000000528.